The van der Waals surface area contributed by atoms with E-state index < -0.39 is 0 Å². The molecule has 0 radical (unpaired) electrons. The first-order valence-corrected chi connectivity index (χ1v) is 11.4. The summed E-state index contributed by atoms with van der Waals surface area (Å²) in [6, 6.07) is 26.9. The predicted octanol–water partition coefficient (Wildman–Crippen LogP) is 6.00. The number of carbonyl (C=O) groups excluding carboxylic acids is 1. The quantitative estimate of drug-likeness (QED) is 0.535. The van der Waals surface area contributed by atoms with Crippen molar-refractivity contribution in [2.45, 2.75) is 36.1 Å². The van der Waals surface area contributed by atoms with Crippen molar-refractivity contribution < 1.29 is 4.79 Å². The van der Waals surface area contributed by atoms with Gasteiger partial charge in [-0.1, -0.05) is 66.4 Å². The molecule has 3 aromatic carbocycles. The minimum Gasteiger partial charge on any atom is -0.325 e. The first-order chi connectivity index (χ1) is 14.7. The van der Waals surface area contributed by atoms with Crippen LogP contribution in [-0.2, 0) is 11.3 Å². The molecule has 0 bridgehead atoms. The van der Waals surface area contributed by atoms with E-state index in [9.17, 15) is 4.79 Å². The number of para-hydroxylation sites is 1. The zero-order valence-electron chi connectivity index (χ0n) is 17.4. The van der Waals surface area contributed by atoms with Gasteiger partial charge in [-0.15, -0.1) is 0 Å². The number of benzene rings is 3. The van der Waals surface area contributed by atoms with Crippen molar-refractivity contribution in [1.29, 1.82) is 0 Å². The number of nitrogens with zero attached hydrogens (tertiary/aromatic N) is 1. The SMILES string of the molecule is Cc1ccccc1CN1CCCC(C(=O)Nc2ccccc2Sc2ccccc2)C1. The van der Waals surface area contributed by atoms with Crippen LogP contribution in [0.4, 0.5) is 5.69 Å². The molecule has 1 N–H and O–H groups in total. The Balaban J connectivity index is 1.41. The monoisotopic (exact) mass is 416 g/mol. The van der Waals surface area contributed by atoms with Crippen LogP contribution in [-0.4, -0.2) is 23.9 Å². The molecule has 0 spiro atoms. The van der Waals surface area contributed by atoms with E-state index in [0.717, 1.165) is 43.1 Å². The Bertz CT molecular complexity index is 989. The third-order valence-corrected chi connectivity index (χ3v) is 6.73. The normalized spacial score (nSPS) is 16.9. The summed E-state index contributed by atoms with van der Waals surface area (Å²) in [5.74, 6) is 0.156. The highest BCUT2D eigenvalue weighted by Gasteiger charge is 2.26. The highest BCUT2D eigenvalue weighted by atomic mass is 32.2. The Morgan fingerprint density at radius 3 is 2.57 bits per heavy atom. The summed E-state index contributed by atoms with van der Waals surface area (Å²) in [6.07, 6.45) is 2.01. The van der Waals surface area contributed by atoms with Crippen LogP contribution in [0.1, 0.15) is 24.0 Å². The van der Waals surface area contributed by atoms with E-state index in [1.54, 1.807) is 11.8 Å². The number of piperidine rings is 1. The number of anilines is 1. The molecule has 1 saturated heterocycles. The largest absolute Gasteiger partial charge is 0.325 e. The molecule has 4 heteroatoms. The maximum atomic E-state index is 13.1. The summed E-state index contributed by atoms with van der Waals surface area (Å²) >= 11 is 1.68. The minimum atomic E-state index is 0.0255. The lowest BCUT2D eigenvalue weighted by Gasteiger charge is -2.32. The highest BCUT2D eigenvalue weighted by Crippen LogP contribution is 2.33. The lowest BCUT2D eigenvalue weighted by atomic mass is 9.96. The van der Waals surface area contributed by atoms with E-state index in [0.29, 0.717) is 0 Å². The molecule has 0 aliphatic carbocycles. The summed E-state index contributed by atoms with van der Waals surface area (Å²) < 4.78 is 0. The predicted molar refractivity (Wildman–Crippen MR) is 125 cm³/mol. The number of rotatable bonds is 6. The van der Waals surface area contributed by atoms with E-state index in [1.165, 1.54) is 16.0 Å². The summed E-state index contributed by atoms with van der Waals surface area (Å²) in [7, 11) is 0. The molecule has 1 amide bonds. The highest BCUT2D eigenvalue weighted by molar-refractivity contribution is 7.99. The van der Waals surface area contributed by atoms with Gasteiger partial charge in [0.15, 0.2) is 0 Å². The molecule has 4 rings (SSSR count). The number of amides is 1. The van der Waals surface area contributed by atoms with Crippen molar-refractivity contribution in [1.82, 2.24) is 4.90 Å². The van der Waals surface area contributed by atoms with E-state index in [1.807, 2.05) is 36.4 Å². The Labute approximate surface area is 183 Å². The van der Waals surface area contributed by atoms with Crippen molar-refractivity contribution in [2.24, 2.45) is 5.92 Å². The van der Waals surface area contributed by atoms with Gasteiger partial charge in [0.25, 0.3) is 0 Å². The van der Waals surface area contributed by atoms with Crippen molar-refractivity contribution >= 4 is 23.4 Å². The zero-order chi connectivity index (χ0) is 20.8. The second kappa shape index (κ2) is 9.96. The van der Waals surface area contributed by atoms with Crippen LogP contribution in [0.3, 0.4) is 0 Å². The number of hydrogen-bond acceptors (Lipinski definition) is 3. The summed E-state index contributed by atoms with van der Waals surface area (Å²) in [4.78, 5) is 17.7. The molecule has 30 heavy (non-hydrogen) atoms. The van der Waals surface area contributed by atoms with E-state index in [-0.39, 0.29) is 11.8 Å². The number of aryl methyl sites for hydroxylation is 1. The molecule has 1 fully saturated rings. The van der Waals surface area contributed by atoms with Crippen LogP contribution in [0.25, 0.3) is 0 Å². The Kier molecular flexibility index (Phi) is 6.88. The van der Waals surface area contributed by atoms with Crippen LogP contribution in [0, 0.1) is 12.8 Å². The fraction of sp³-hybridized carbons (Fsp3) is 0.269. The van der Waals surface area contributed by atoms with Crippen LogP contribution in [0.5, 0.6) is 0 Å². The maximum absolute atomic E-state index is 13.1. The second-order valence-electron chi connectivity index (χ2n) is 7.90. The fourth-order valence-corrected chi connectivity index (χ4v) is 4.87. The van der Waals surface area contributed by atoms with Gasteiger partial charge in [0.1, 0.15) is 0 Å². The van der Waals surface area contributed by atoms with Gasteiger partial charge in [0.05, 0.1) is 11.6 Å². The third kappa shape index (κ3) is 5.32. The summed E-state index contributed by atoms with van der Waals surface area (Å²) in [6.45, 7) is 4.94. The van der Waals surface area contributed by atoms with Crippen molar-refractivity contribution in [3.63, 3.8) is 0 Å². The van der Waals surface area contributed by atoms with Crippen molar-refractivity contribution in [2.75, 3.05) is 18.4 Å². The first kappa shape index (κ1) is 20.7. The van der Waals surface area contributed by atoms with Crippen LogP contribution in [0.2, 0.25) is 0 Å². The lowest BCUT2D eigenvalue weighted by molar-refractivity contribution is -0.121. The van der Waals surface area contributed by atoms with E-state index >= 15 is 0 Å². The van der Waals surface area contributed by atoms with Gasteiger partial charge in [0, 0.05) is 22.9 Å². The van der Waals surface area contributed by atoms with E-state index in [2.05, 4.69) is 59.6 Å². The third-order valence-electron chi connectivity index (χ3n) is 5.65. The Morgan fingerprint density at radius 2 is 1.73 bits per heavy atom. The smallest absolute Gasteiger partial charge is 0.228 e. The number of hydrogen-bond donors (Lipinski definition) is 1. The minimum absolute atomic E-state index is 0.0255. The zero-order valence-corrected chi connectivity index (χ0v) is 18.2. The van der Waals surface area contributed by atoms with Crippen LogP contribution >= 0.6 is 11.8 Å². The van der Waals surface area contributed by atoms with Gasteiger partial charge < -0.3 is 5.32 Å². The molecule has 1 aliphatic rings. The molecular formula is C26H28N2OS. The lowest BCUT2D eigenvalue weighted by Crippen LogP contribution is -2.40. The molecule has 3 nitrogen and oxygen atoms in total. The molecule has 0 saturated carbocycles. The molecule has 1 unspecified atom stereocenters. The average Bonchev–Trinajstić information content (AvgIpc) is 2.78. The molecular weight excluding hydrogens is 388 g/mol. The summed E-state index contributed by atoms with van der Waals surface area (Å²) in [5, 5.41) is 3.21. The second-order valence-corrected chi connectivity index (χ2v) is 9.02. The summed E-state index contributed by atoms with van der Waals surface area (Å²) in [5.41, 5.74) is 3.56. The van der Waals surface area contributed by atoms with E-state index in [4.69, 9.17) is 0 Å². The van der Waals surface area contributed by atoms with Crippen molar-refractivity contribution in [3.8, 4) is 0 Å². The molecule has 154 valence electrons. The molecule has 1 heterocycles. The van der Waals surface area contributed by atoms with Gasteiger partial charge in [-0.2, -0.15) is 0 Å². The van der Waals surface area contributed by atoms with Crippen LogP contribution < -0.4 is 5.32 Å². The van der Waals surface area contributed by atoms with Gasteiger partial charge in [-0.25, -0.2) is 0 Å². The standard InChI is InChI=1S/C26H28N2OS/c1-20-10-5-6-11-21(20)18-28-17-9-12-22(19-28)26(29)27-24-15-7-8-16-25(24)30-23-13-3-2-4-14-23/h2-8,10-11,13-16,22H,9,12,17-19H2,1H3,(H,27,29). The average molecular weight is 417 g/mol. The Hall–Kier alpha value is -2.56. The topological polar surface area (TPSA) is 32.3 Å². The number of likely N-dealkylation sites (tertiary alicyclic amines) is 1. The molecule has 0 aromatic heterocycles. The van der Waals surface area contributed by atoms with Crippen molar-refractivity contribution in [3.05, 3.63) is 90.0 Å². The van der Waals surface area contributed by atoms with Gasteiger partial charge in [0.2, 0.25) is 5.91 Å². The fourth-order valence-electron chi connectivity index (χ4n) is 3.95. The molecule has 3 aromatic rings. The van der Waals surface area contributed by atoms with Crippen LogP contribution in [0.15, 0.2) is 88.7 Å². The first-order valence-electron chi connectivity index (χ1n) is 10.6. The van der Waals surface area contributed by atoms with Gasteiger partial charge in [-0.05, 0) is 61.7 Å². The number of nitrogens with one attached hydrogen (secondary N) is 1. The van der Waals surface area contributed by atoms with Gasteiger partial charge in [-0.3, -0.25) is 9.69 Å². The molecule has 1 aliphatic heterocycles. The maximum Gasteiger partial charge on any atom is 0.228 e. The number of carbonyl (C=O) groups is 1. The molecule has 1 atom stereocenters. The Morgan fingerprint density at radius 1 is 1.00 bits per heavy atom. The van der Waals surface area contributed by atoms with Gasteiger partial charge >= 0.3 is 0 Å².